The first kappa shape index (κ1) is 13.3. The molecule has 2 aromatic heterocycles. The van der Waals surface area contributed by atoms with E-state index >= 15 is 0 Å². The molecule has 6 heteroatoms. The molecule has 3 rings (SSSR count). The van der Waals surface area contributed by atoms with E-state index in [4.69, 9.17) is 0 Å². The summed E-state index contributed by atoms with van der Waals surface area (Å²) in [6.07, 6.45) is 3.63. The van der Waals surface area contributed by atoms with Crippen molar-refractivity contribution >= 4 is 27.7 Å². The van der Waals surface area contributed by atoms with Gasteiger partial charge in [-0.3, -0.25) is 10.1 Å². The molecule has 0 aliphatic heterocycles. The second-order valence-electron chi connectivity index (χ2n) is 4.10. The van der Waals surface area contributed by atoms with Gasteiger partial charge in [0.1, 0.15) is 0 Å². The molecule has 0 bridgehead atoms. The SMILES string of the molecule is Brc1ccccc1-c1nc(SCc2cccnc2)n[nH]1. The highest BCUT2D eigenvalue weighted by Crippen LogP contribution is 2.27. The van der Waals surface area contributed by atoms with Crippen LogP contribution < -0.4 is 0 Å². The van der Waals surface area contributed by atoms with E-state index in [9.17, 15) is 0 Å². The molecule has 0 aliphatic rings. The summed E-state index contributed by atoms with van der Waals surface area (Å²) in [7, 11) is 0. The van der Waals surface area contributed by atoms with Crippen LogP contribution in [0.2, 0.25) is 0 Å². The second kappa shape index (κ2) is 6.19. The lowest BCUT2D eigenvalue weighted by Gasteiger charge is -1.98. The number of H-pyrrole nitrogens is 1. The highest BCUT2D eigenvalue weighted by Gasteiger charge is 2.08. The van der Waals surface area contributed by atoms with E-state index in [1.807, 2.05) is 42.6 Å². The number of halogens is 1. The summed E-state index contributed by atoms with van der Waals surface area (Å²) < 4.78 is 1.000. The van der Waals surface area contributed by atoms with Gasteiger partial charge in [-0.15, -0.1) is 5.10 Å². The van der Waals surface area contributed by atoms with Crippen molar-refractivity contribution in [1.82, 2.24) is 20.2 Å². The molecule has 0 saturated carbocycles. The lowest BCUT2D eigenvalue weighted by molar-refractivity contribution is 0.973. The molecule has 0 aliphatic carbocycles. The van der Waals surface area contributed by atoms with Crippen molar-refractivity contribution in [3.05, 3.63) is 58.8 Å². The summed E-state index contributed by atoms with van der Waals surface area (Å²) in [6.45, 7) is 0. The first-order valence-electron chi connectivity index (χ1n) is 6.02. The number of aromatic amines is 1. The van der Waals surface area contributed by atoms with Gasteiger partial charge in [0.2, 0.25) is 5.16 Å². The van der Waals surface area contributed by atoms with Crippen LogP contribution in [0.25, 0.3) is 11.4 Å². The Labute approximate surface area is 129 Å². The zero-order chi connectivity index (χ0) is 13.8. The summed E-state index contributed by atoms with van der Waals surface area (Å²) in [6, 6.07) is 11.9. The maximum Gasteiger partial charge on any atom is 0.209 e. The third-order valence-corrected chi connectivity index (χ3v) is 4.29. The Morgan fingerprint density at radius 3 is 2.85 bits per heavy atom. The Balaban J connectivity index is 1.73. The molecule has 3 aromatic rings. The van der Waals surface area contributed by atoms with Crippen molar-refractivity contribution in [2.24, 2.45) is 0 Å². The number of hydrogen-bond acceptors (Lipinski definition) is 4. The lowest BCUT2D eigenvalue weighted by atomic mass is 10.2. The number of aromatic nitrogens is 4. The van der Waals surface area contributed by atoms with Crippen molar-refractivity contribution < 1.29 is 0 Å². The van der Waals surface area contributed by atoms with Gasteiger partial charge < -0.3 is 0 Å². The largest absolute Gasteiger partial charge is 0.264 e. The fourth-order valence-corrected chi connectivity index (χ4v) is 2.92. The molecule has 20 heavy (non-hydrogen) atoms. The van der Waals surface area contributed by atoms with Crippen molar-refractivity contribution in [3.8, 4) is 11.4 Å². The maximum absolute atomic E-state index is 4.50. The molecule has 0 fully saturated rings. The number of pyridine rings is 1. The van der Waals surface area contributed by atoms with Crippen LogP contribution in [0.4, 0.5) is 0 Å². The Morgan fingerprint density at radius 2 is 2.05 bits per heavy atom. The van der Waals surface area contributed by atoms with Gasteiger partial charge in [0, 0.05) is 28.2 Å². The average Bonchev–Trinajstić information content (AvgIpc) is 2.95. The Morgan fingerprint density at radius 1 is 1.15 bits per heavy atom. The predicted molar refractivity (Wildman–Crippen MR) is 83.3 cm³/mol. The zero-order valence-corrected chi connectivity index (χ0v) is 12.9. The standard InChI is InChI=1S/C14H11BrN4S/c15-12-6-2-1-5-11(12)13-17-14(19-18-13)20-9-10-4-3-7-16-8-10/h1-8H,9H2,(H,17,18,19). The van der Waals surface area contributed by atoms with E-state index in [-0.39, 0.29) is 0 Å². The minimum absolute atomic E-state index is 0.736. The van der Waals surface area contributed by atoms with Crippen molar-refractivity contribution in [2.75, 3.05) is 0 Å². The Bertz CT molecular complexity index is 699. The molecule has 0 amide bonds. The van der Waals surface area contributed by atoms with Gasteiger partial charge >= 0.3 is 0 Å². The molecule has 1 aromatic carbocycles. The minimum atomic E-state index is 0.736. The van der Waals surface area contributed by atoms with E-state index < -0.39 is 0 Å². The fraction of sp³-hybridized carbons (Fsp3) is 0.0714. The summed E-state index contributed by atoms with van der Waals surface area (Å²) >= 11 is 5.10. The summed E-state index contributed by atoms with van der Waals surface area (Å²) in [5.41, 5.74) is 2.16. The Kier molecular flexibility index (Phi) is 4.13. The van der Waals surface area contributed by atoms with Gasteiger partial charge in [0.05, 0.1) is 0 Å². The Hall–Kier alpha value is -1.66. The number of nitrogens with one attached hydrogen (secondary N) is 1. The summed E-state index contributed by atoms with van der Waals surface area (Å²) in [4.78, 5) is 8.60. The van der Waals surface area contributed by atoms with E-state index in [0.717, 1.165) is 32.3 Å². The highest BCUT2D eigenvalue weighted by atomic mass is 79.9. The van der Waals surface area contributed by atoms with Gasteiger partial charge in [-0.2, -0.15) is 0 Å². The van der Waals surface area contributed by atoms with Crippen molar-refractivity contribution in [1.29, 1.82) is 0 Å². The van der Waals surface area contributed by atoms with Crippen molar-refractivity contribution in [3.63, 3.8) is 0 Å². The quantitative estimate of drug-likeness (QED) is 0.727. The minimum Gasteiger partial charge on any atom is -0.264 e. The average molecular weight is 347 g/mol. The van der Waals surface area contributed by atoms with Crippen LogP contribution >= 0.6 is 27.7 Å². The first-order chi connectivity index (χ1) is 9.83. The number of thioether (sulfide) groups is 1. The topological polar surface area (TPSA) is 54.5 Å². The lowest BCUT2D eigenvalue weighted by Crippen LogP contribution is -1.83. The number of nitrogens with zero attached hydrogens (tertiary/aromatic N) is 3. The van der Waals surface area contributed by atoms with E-state index in [2.05, 4.69) is 36.1 Å². The smallest absolute Gasteiger partial charge is 0.209 e. The van der Waals surface area contributed by atoms with Crippen LogP contribution in [0, 0.1) is 0 Å². The van der Waals surface area contributed by atoms with Gasteiger partial charge in [-0.1, -0.05) is 52.0 Å². The molecule has 2 heterocycles. The molecule has 0 unspecified atom stereocenters. The van der Waals surface area contributed by atoms with Gasteiger partial charge in [0.15, 0.2) is 5.82 Å². The molecule has 0 radical (unpaired) electrons. The van der Waals surface area contributed by atoms with Gasteiger partial charge in [-0.25, -0.2) is 4.98 Å². The van der Waals surface area contributed by atoms with Crippen LogP contribution in [-0.4, -0.2) is 20.2 Å². The van der Waals surface area contributed by atoms with Crippen LogP contribution in [0.3, 0.4) is 0 Å². The van der Waals surface area contributed by atoms with Gasteiger partial charge in [-0.05, 0) is 17.7 Å². The number of benzene rings is 1. The molecular weight excluding hydrogens is 336 g/mol. The molecule has 100 valence electrons. The van der Waals surface area contributed by atoms with Crippen LogP contribution in [0.15, 0.2) is 58.4 Å². The first-order valence-corrected chi connectivity index (χ1v) is 7.80. The molecule has 0 saturated heterocycles. The molecule has 4 nitrogen and oxygen atoms in total. The monoisotopic (exact) mass is 346 g/mol. The second-order valence-corrected chi connectivity index (χ2v) is 5.89. The molecule has 1 N–H and O–H groups in total. The third kappa shape index (κ3) is 3.08. The fourth-order valence-electron chi connectivity index (χ4n) is 1.72. The maximum atomic E-state index is 4.50. The van der Waals surface area contributed by atoms with Crippen LogP contribution in [-0.2, 0) is 5.75 Å². The van der Waals surface area contributed by atoms with Crippen LogP contribution in [0.1, 0.15) is 5.56 Å². The third-order valence-electron chi connectivity index (χ3n) is 2.68. The van der Waals surface area contributed by atoms with E-state index in [0.29, 0.717) is 0 Å². The molecular formula is C14H11BrN4S. The molecule has 0 spiro atoms. The number of hydrogen-bond donors (Lipinski definition) is 1. The van der Waals surface area contributed by atoms with Crippen molar-refractivity contribution in [2.45, 2.75) is 10.9 Å². The summed E-state index contributed by atoms with van der Waals surface area (Å²) in [5, 5.41) is 7.94. The summed E-state index contributed by atoms with van der Waals surface area (Å²) in [5.74, 6) is 1.58. The highest BCUT2D eigenvalue weighted by molar-refractivity contribution is 9.10. The number of rotatable bonds is 4. The predicted octanol–water partition coefficient (Wildman–Crippen LogP) is 3.92. The van der Waals surface area contributed by atoms with E-state index in [1.54, 1.807) is 18.0 Å². The normalized spacial score (nSPS) is 10.7. The van der Waals surface area contributed by atoms with Crippen LogP contribution in [0.5, 0.6) is 0 Å². The zero-order valence-electron chi connectivity index (χ0n) is 10.5. The van der Waals surface area contributed by atoms with Gasteiger partial charge in [0.25, 0.3) is 0 Å². The van der Waals surface area contributed by atoms with E-state index in [1.165, 1.54) is 0 Å². The molecule has 0 atom stereocenters.